The second kappa shape index (κ2) is 7.83. The molecule has 2 aliphatic heterocycles. The lowest BCUT2D eigenvalue weighted by Gasteiger charge is -2.35. The van der Waals surface area contributed by atoms with Crippen LogP contribution in [0.4, 0.5) is 5.95 Å². The van der Waals surface area contributed by atoms with Crippen molar-refractivity contribution in [3.63, 3.8) is 0 Å². The number of hydrogen-bond acceptors (Lipinski definition) is 5. The van der Waals surface area contributed by atoms with E-state index in [1.54, 1.807) is 0 Å². The molecule has 0 spiro atoms. The number of nitrogens with one attached hydrogen (secondary N) is 1. The second-order valence-corrected chi connectivity index (χ2v) is 7.04. The second-order valence-electron chi connectivity index (χ2n) is 7.04. The molecule has 3 heterocycles. The average Bonchev–Trinajstić information content (AvgIpc) is 3.22. The van der Waals surface area contributed by atoms with E-state index in [9.17, 15) is 4.79 Å². The highest BCUT2D eigenvalue weighted by molar-refractivity contribution is 5.76. The number of nitrogens with zero attached hydrogens (tertiary/aromatic N) is 4. The lowest BCUT2D eigenvalue weighted by Crippen LogP contribution is -2.49. The predicted octanol–water partition coefficient (Wildman–Crippen LogP) is 1.79. The molecule has 0 aliphatic carbocycles. The highest BCUT2D eigenvalue weighted by Crippen LogP contribution is 2.20. The van der Waals surface area contributed by atoms with Gasteiger partial charge in [0.25, 0.3) is 0 Å². The van der Waals surface area contributed by atoms with Crippen LogP contribution >= 0.6 is 0 Å². The number of anilines is 1. The van der Waals surface area contributed by atoms with Gasteiger partial charge in [0.15, 0.2) is 0 Å². The molecule has 0 bridgehead atoms. The van der Waals surface area contributed by atoms with Crippen LogP contribution in [-0.4, -0.2) is 60.0 Å². The van der Waals surface area contributed by atoms with E-state index in [1.165, 1.54) is 0 Å². The first kappa shape index (κ1) is 17.0. The van der Waals surface area contributed by atoms with Crippen molar-refractivity contribution in [1.82, 2.24) is 20.2 Å². The minimum absolute atomic E-state index is 0.289. The molecule has 2 aliphatic rings. The van der Waals surface area contributed by atoms with E-state index in [1.807, 2.05) is 35.4 Å². The fourth-order valence-corrected chi connectivity index (χ4v) is 3.69. The molecule has 2 aromatic rings. The molecule has 26 heavy (non-hydrogen) atoms. The first-order chi connectivity index (χ1) is 12.8. The summed E-state index contributed by atoms with van der Waals surface area (Å²) < 4.78 is 0. The van der Waals surface area contributed by atoms with Gasteiger partial charge in [0, 0.05) is 44.4 Å². The number of piperazine rings is 1. The monoisotopic (exact) mass is 351 g/mol. The van der Waals surface area contributed by atoms with E-state index >= 15 is 0 Å². The summed E-state index contributed by atoms with van der Waals surface area (Å²) in [6.07, 6.45) is 3.61. The molecule has 2 fully saturated rings. The summed E-state index contributed by atoms with van der Waals surface area (Å²) in [5.41, 5.74) is 2.03. The molecule has 0 radical (unpaired) electrons. The maximum atomic E-state index is 12.5. The maximum Gasteiger partial charge on any atom is 0.225 e. The van der Waals surface area contributed by atoms with Gasteiger partial charge in [-0.1, -0.05) is 30.3 Å². The SMILES string of the molecule is O=C(CC1CCNC1)N1CCN(c2nccc(-c3ccccc3)n2)CC1. The molecule has 1 amide bonds. The number of amides is 1. The largest absolute Gasteiger partial charge is 0.339 e. The molecule has 136 valence electrons. The van der Waals surface area contributed by atoms with E-state index in [2.05, 4.69) is 27.3 Å². The van der Waals surface area contributed by atoms with Crippen LogP contribution in [0, 0.1) is 5.92 Å². The number of rotatable bonds is 4. The first-order valence-electron chi connectivity index (χ1n) is 9.41. The minimum Gasteiger partial charge on any atom is -0.339 e. The summed E-state index contributed by atoms with van der Waals surface area (Å²) in [6, 6.07) is 12.1. The zero-order valence-electron chi connectivity index (χ0n) is 15.0. The Hall–Kier alpha value is -2.47. The highest BCUT2D eigenvalue weighted by Gasteiger charge is 2.25. The third-order valence-electron chi connectivity index (χ3n) is 5.25. The van der Waals surface area contributed by atoms with Gasteiger partial charge in [0.05, 0.1) is 5.69 Å². The molecule has 6 heteroatoms. The number of carbonyl (C=O) groups excluding carboxylic acids is 1. The van der Waals surface area contributed by atoms with Crippen LogP contribution < -0.4 is 10.2 Å². The van der Waals surface area contributed by atoms with Crippen molar-refractivity contribution in [2.75, 3.05) is 44.2 Å². The molecule has 1 atom stereocenters. The van der Waals surface area contributed by atoms with Gasteiger partial charge >= 0.3 is 0 Å². The van der Waals surface area contributed by atoms with Crippen LogP contribution in [-0.2, 0) is 4.79 Å². The van der Waals surface area contributed by atoms with Gasteiger partial charge in [0.2, 0.25) is 11.9 Å². The van der Waals surface area contributed by atoms with Crippen molar-refractivity contribution >= 4 is 11.9 Å². The molecular formula is C20H25N5O. The van der Waals surface area contributed by atoms with Crippen molar-refractivity contribution in [2.24, 2.45) is 5.92 Å². The Morgan fingerprint density at radius 3 is 2.65 bits per heavy atom. The van der Waals surface area contributed by atoms with Crippen LogP contribution in [0.5, 0.6) is 0 Å². The van der Waals surface area contributed by atoms with E-state index in [0.717, 1.165) is 62.9 Å². The lowest BCUT2D eigenvalue weighted by atomic mass is 10.0. The van der Waals surface area contributed by atoms with E-state index in [-0.39, 0.29) is 5.91 Å². The lowest BCUT2D eigenvalue weighted by molar-refractivity contribution is -0.132. The Morgan fingerprint density at radius 2 is 1.92 bits per heavy atom. The van der Waals surface area contributed by atoms with E-state index in [4.69, 9.17) is 4.98 Å². The fraction of sp³-hybridized carbons (Fsp3) is 0.450. The van der Waals surface area contributed by atoms with Gasteiger partial charge < -0.3 is 15.1 Å². The normalized spacial score (nSPS) is 20.4. The van der Waals surface area contributed by atoms with Crippen LogP contribution in [0.2, 0.25) is 0 Å². The topological polar surface area (TPSA) is 61.4 Å². The van der Waals surface area contributed by atoms with Gasteiger partial charge in [-0.05, 0) is 31.5 Å². The van der Waals surface area contributed by atoms with Gasteiger partial charge in [-0.3, -0.25) is 4.79 Å². The van der Waals surface area contributed by atoms with Crippen molar-refractivity contribution in [3.05, 3.63) is 42.6 Å². The van der Waals surface area contributed by atoms with Crippen LogP contribution in [0.15, 0.2) is 42.6 Å². The van der Waals surface area contributed by atoms with Crippen molar-refractivity contribution in [2.45, 2.75) is 12.8 Å². The number of carbonyl (C=O) groups is 1. The van der Waals surface area contributed by atoms with Crippen molar-refractivity contribution in [3.8, 4) is 11.3 Å². The van der Waals surface area contributed by atoms with E-state index < -0.39 is 0 Å². The summed E-state index contributed by atoms with van der Waals surface area (Å²) in [5, 5.41) is 3.33. The third kappa shape index (κ3) is 3.85. The Morgan fingerprint density at radius 1 is 1.12 bits per heavy atom. The maximum absolute atomic E-state index is 12.5. The van der Waals surface area contributed by atoms with Gasteiger partial charge in [0.1, 0.15) is 0 Å². The number of benzene rings is 1. The number of aromatic nitrogens is 2. The summed E-state index contributed by atoms with van der Waals surface area (Å²) in [5.74, 6) is 1.54. The van der Waals surface area contributed by atoms with Gasteiger partial charge in [-0.25, -0.2) is 9.97 Å². The standard InChI is InChI=1S/C20H25N5O/c26-19(14-16-6-8-21-15-16)24-10-12-25(13-11-24)20-22-9-7-18(23-20)17-4-2-1-3-5-17/h1-5,7,9,16,21H,6,8,10-15H2. The first-order valence-corrected chi connectivity index (χ1v) is 9.41. The molecule has 1 aromatic carbocycles. The Labute approximate surface area is 154 Å². The Balaban J connectivity index is 1.36. The minimum atomic E-state index is 0.289. The predicted molar refractivity (Wildman–Crippen MR) is 102 cm³/mol. The highest BCUT2D eigenvalue weighted by atomic mass is 16.2. The third-order valence-corrected chi connectivity index (χ3v) is 5.25. The van der Waals surface area contributed by atoms with Crippen LogP contribution in [0.25, 0.3) is 11.3 Å². The van der Waals surface area contributed by atoms with Crippen molar-refractivity contribution < 1.29 is 4.79 Å². The van der Waals surface area contributed by atoms with Gasteiger partial charge in [-0.15, -0.1) is 0 Å². The summed E-state index contributed by atoms with van der Waals surface area (Å²) in [6.45, 7) is 5.09. The quantitative estimate of drug-likeness (QED) is 0.910. The molecule has 4 rings (SSSR count). The molecular weight excluding hydrogens is 326 g/mol. The zero-order chi connectivity index (χ0) is 17.8. The Bertz CT molecular complexity index is 737. The Kier molecular flexibility index (Phi) is 5.11. The van der Waals surface area contributed by atoms with Gasteiger partial charge in [-0.2, -0.15) is 0 Å². The summed E-state index contributed by atoms with van der Waals surface area (Å²) >= 11 is 0. The van der Waals surface area contributed by atoms with Crippen LogP contribution in [0.3, 0.4) is 0 Å². The number of hydrogen-bond donors (Lipinski definition) is 1. The molecule has 2 saturated heterocycles. The summed E-state index contributed by atoms with van der Waals surface area (Å²) in [7, 11) is 0. The van der Waals surface area contributed by atoms with E-state index in [0.29, 0.717) is 12.3 Å². The zero-order valence-corrected chi connectivity index (χ0v) is 15.0. The van der Waals surface area contributed by atoms with Crippen molar-refractivity contribution in [1.29, 1.82) is 0 Å². The van der Waals surface area contributed by atoms with Crippen LogP contribution in [0.1, 0.15) is 12.8 Å². The average molecular weight is 351 g/mol. The fourth-order valence-electron chi connectivity index (χ4n) is 3.69. The molecule has 1 aromatic heterocycles. The molecule has 1 N–H and O–H groups in total. The smallest absolute Gasteiger partial charge is 0.225 e. The summed E-state index contributed by atoms with van der Waals surface area (Å²) in [4.78, 5) is 25.8. The molecule has 1 unspecified atom stereocenters. The molecule has 6 nitrogen and oxygen atoms in total. The molecule has 0 saturated carbocycles.